The minimum absolute atomic E-state index is 0. The maximum atomic E-state index is 10.7. The molecule has 1 aromatic carbocycles. The lowest BCUT2D eigenvalue weighted by Crippen LogP contribution is -2.54. The molecule has 0 unspecified atom stereocenters. The van der Waals surface area contributed by atoms with E-state index in [9.17, 15) is 5.11 Å². The van der Waals surface area contributed by atoms with E-state index in [-0.39, 0.29) is 30.6 Å². The van der Waals surface area contributed by atoms with Gasteiger partial charge in [-0.15, -0.1) is 35.0 Å². The molecule has 2 atom stereocenters. The van der Waals surface area contributed by atoms with Gasteiger partial charge in [0.2, 0.25) is 5.95 Å². The van der Waals surface area contributed by atoms with Crippen molar-refractivity contribution in [1.29, 1.82) is 0 Å². The number of phenolic OH excluding ortho intramolecular Hbond substituents is 1. The number of hydrogen-bond acceptors (Lipinski definition) is 9. The van der Waals surface area contributed by atoms with Crippen LogP contribution in [0.25, 0.3) is 28.2 Å². The number of hydrogen-bond donors (Lipinski definition) is 2. The summed E-state index contributed by atoms with van der Waals surface area (Å²) in [4.78, 5) is 15.6. The van der Waals surface area contributed by atoms with E-state index in [1.807, 2.05) is 26.1 Å². The zero-order valence-corrected chi connectivity index (χ0v) is 20.9. The van der Waals surface area contributed by atoms with Crippen molar-refractivity contribution in [2.45, 2.75) is 39.8 Å². The van der Waals surface area contributed by atoms with E-state index in [1.54, 1.807) is 22.8 Å². The van der Waals surface area contributed by atoms with Gasteiger partial charge in [-0.1, -0.05) is 6.07 Å². The molecule has 1 saturated heterocycles. The van der Waals surface area contributed by atoms with Crippen LogP contribution in [0.3, 0.4) is 0 Å². The third kappa shape index (κ3) is 4.89. The van der Waals surface area contributed by atoms with Gasteiger partial charge in [0, 0.05) is 36.3 Å². The first-order valence-electron chi connectivity index (χ1n) is 10.6. The van der Waals surface area contributed by atoms with E-state index in [4.69, 9.17) is 0 Å². The summed E-state index contributed by atoms with van der Waals surface area (Å²) in [5.74, 6) is 1.37. The monoisotopic (exact) mass is 503 g/mol. The first-order valence-corrected chi connectivity index (χ1v) is 10.6. The quantitative estimate of drug-likeness (QED) is 0.434. The molecule has 34 heavy (non-hydrogen) atoms. The Labute approximate surface area is 209 Å². The third-order valence-corrected chi connectivity index (χ3v) is 5.55. The maximum Gasteiger partial charge on any atom is 0.245 e. The standard InChI is InChI=1S/C22H25N9O.2ClH/c1-12-9-30(10-13(2)24-12)22-23-8-18(27-28-22)17-6-5-16(7-20(17)32)19-11-31-21(14(3)25-19)26-15(4)29-31;;/h5-8,11-13,24,32H,9-10H2,1-4H3;2*1H/t12-,13+;;. The number of aryl methyl sites for hydroxylation is 2. The van der Waals surface area contributed by atoms with Crippen LogP contribution in [0.1, 0.15) is 25.4 Å². The molecule has 180 valence electrons. The largest absolute Gasteiger partial charge is 0.507 e. The zero-order valence-electron chi connectivity index (χ0n) is 19.3. The molecule has 0 spiro atoms. The second-order valence-electron chi connectivity index (χ2n) is 8.39. The number of aromatic nitrogens is 7. The fourth-order valence-electron chi connectivity index (χ4n) is 4.22. The SMILES string of the molecule is Cc1nc2c(C)nc(-c3ccc(-c4cnc(N5C[C@@H](C)N[C@@H](C)C5)nn4)c(O)c3)cn2n1.Cl.Cl. The van der Waals surface area contributed by atoms with Crippen molar-refractivity contribution >= 4 is 36.4 Å². The summed E-state index contributed by atoms with van der Waals surface area (Å²) in [6, 6.07) is 6.08. The van der Waals surface area contributed by atoms with Crippen LogP contribution in [0, 0.1) is 13.8 Å². The van der Waals surface area contributed by atoms with E-state index < -0.39 is 0 Å². The maximum absolute atomic E-state index is 10.7. The third-order valence-electron chi connectivity index (χ3n) is 5.55. The molecule has 0 saturated carbocycles. The number of phenols is 1. The molecule has 5 rings (SSSR count). The van der Waals surface area contributed by atoms with Gasteiger partial charge < -0.3 is 15.3 Å². The fourth-order valence-corrected chi connectivity index (χ4v) is 4.22. The molecule has 1 aliphatic rings. The van der Waals surface area contributed by atoms with Crippen LogP contribution in [-0.2, 0) is 0 Å². The molecule has 0 aliphatic carbocycles. The highest BCUT2D eigenvalue weighted by Crippen LogP contribution is 2.32. The van der Waals surface area contributed by atoms with E-state index in [0.29, 0.717) is 40.8 Å². The Hall–Kier alpha value is -3.08. The predicted octanol–water partition coefficient (Wildman–Crippen LogP) is 3.00. The first kappa shape index (κ1) is 25.5. The Kier molecular flexibility index (Phi) is 7.54. The van der Waals surface area contributed by atoms with Crippen LogP contribution >= 0.6 is 24.8 Å². The van der Waals surface area contributed by atoms with Crippen molar-refractivity contribution in [3.63, 3.8) is 0 Å². The number of anilines is 1. The summed E-state index contributed by atoms with van der Waals surface area (Å²) in [6.07, 6.45) is 3.46. The normalized spacial score (nSPS) is 17.8. The van der Waals surface area contributed by atoms with Gasteiger partial charge in [0.15, 0.2) is 5.65 Å². The van der Waals surface area contributed by atoms with Crippen LogP contribution in [-0.4, -0.2) is 65.0 Å². The van der Waals surface area contributed by atoms with Gasteiger partial charge in [0.05, 0.1) is 23.8 Å². The molecular formula is C22H27Cl2N9O. The number of nitrogens with zero attached hydrogens (tertiary/aromatic N) is 8. The number of nitrogens with one attached hydrogen (secondary N) is 1. The molecular weight excluding hydrogens is 477 g/mol. The molecule has 2 N–H and O–H groups in total. The Morgan fingerprint density at radius 3 is 2.38 bits per heavy atom. The van der Waals surface area contributed by atoms with Crippen molar-refractivity contribution in [1.82, 2.24) is 40.1 Å². The predicted molar refractivity (Wildman–Crippen MR) is 135 cm³/mol. The molecule has 12 heteroatoms. The number of piperazine rings is 1. The van der Waals surface area contributed by atoms with Gasteiger partial charge in [0.25, 0.3) is 0 Å². The molecule has 4 heterocycles. The molecule has 1 aliphatic heterocycles. The average molecular weight is 504 g/mol. The summed E-state index contributed by atoms with van der Waals surface area (Å²) in [5.41, 5.74) is 4.04. The molecule has 10 nitrogen and oxygen atoms in total. The average Bonchev–Trinajstić information content (AvgIpc) is 3.14. The molecule has 0 bridgehead atoms. The van der Waals surface area contributed by atoms with E-state index in [1.165, 1.54) is 0 Å². The zero-order chi connectivity index (χ0) is 22.4. The van der Waals surface area contributed by atoms with Gasteiger partial charge in [-0.3, -0.25) is 0 Å². The highest BCUT2D eigenvalue weighted by Gasteiger charge is 2.23. The minimum atomic E-state index is 0. The summed E-state index contributed by atoms with van der Waals surface area (Å²) in [6.45, 7) is 9.67. The highest BCUT2D eigenvalue weighted by atomic mass is 35.5. The summed E-state index contributed by atoms with van der Waals surface area (Å²) < 4.78 is 1.71. The number of fused-ring (bicyclic) bond motifs is 1. The second kappa shape index (κ2) is 10.0. The first-order chi connectivity index (χ1) is 15.4. The minimum Gasteiger partial charge on any atom is -0.507 e. The number of halogens is 2. The second-order valence-corrected chi connectivity index (χ2v) is 8.39. The lowest BCUT2D eigenvalue weighted by Gasteiger charge is -2.35. The lowest BCUT2D eigenvalue weighted by atomic mass is 10.1. The highest BCUT2D eigenvalue weighted by molar-refractivity contribution is 5.85. The van der Waals surface area contributed by atoms with Gasteiger partial charge in [0.1, 0.15) is 17.3 Å². The lowest BCUT2D eigenvalue weighted by molar-refractivity contribution is 0.402. The van der Waals surface area contributed by atoms with Crippen molar-refractivity contribution in [2.75, 3.05) is 18.0 Å². The van der Waals surface area contributed by atoms with Crippen molar-refractivity contribution in [3.05, 3.63) is 42.1 Å². The molecule has 0 amide bonds. The Morgan fingerprint density at radius 1 is 1.00 bits per heavy atom. The topological polar surface area (TPSA) is 117 Å². The van der Waals surface area contributed by atoms with Crippen LogP contribution in [0.2, 0.25) is 0 Å². The Bertz CT molecular complexity index is 1290. The Balaban J connectivity index is 0.00000162. The summed E-state index contributed by atoms with van der Waals surface area (Å²) in [7, 11) is 0. The number of aromatic hydroxyl groups is 1. The van der Waals surface area contributed by atoms with Gasteiger partial charge >= 0.3 is 0 Å². The van der Waals surface area contributed by atoms with Gasteiger partial charge in [-0.05, 0) is 39.8 Å². The Morgan fingerprint density at radius 2 is 1.74 bits per heavy atom. The van der Waals surface area contributed by atoms with Crippen LogP contribution in [0.4, 0.5) is 5.95 Å². The van der Waals surface area contributed by atoms with Gasteiger partial charge in [-0.25, -0.2) is 19.5 Å². The van der Waals surface area contributed by atoms with Crippen LogP contribution in [0.5, 0.6) is 5.75 Å². The molecule has 3 aromatic heterocycles. The van der Waals surface area contributed by atoms with E-state index in [2.05, 4.69) is 54.3 Å². The van der Waals surface area contributed by atoms with Crippen molar-refractivity contribution in [3.8, 4) is 28.3 Å². The van der Waals surface area contributed by atoms with Crippen molar-refractivity contribution in [2.24, 2.45) is 0 Å². The number of rotatable bonds is 3. The van der Waals surface area contributed by atoms with E-state index in [0.717, 1.165) is 30.0 Å². The summed E-state index contributed by atoms with van der Waals surface area (Å²) >= 11 is 0. The molecule has 0 radical (unpaired) electrons. The van der Waals surface area contributed by atoms with Crippen LogP contribution in [0.15, 0.2) is 30.6 Å². The van der Waals surface area contributed by atoms with Crippen molar-refractivity contribution < 1.29 is 5.11 Å². The fraction of sp³-hybridized carbons (Fsp3) is 0.364. The number of benzene rings is 1. The van der Waals surface area contributed by atoms with Crippen LogP contribution < -0.4 is 10.2 Å². The van der Waals surface area contributed by atoms with E-state index >= 15 is 0 Å². The smallest absolute Gasteiger partial charge is 0.245 e. The molecule has 1 fully saturated rings. The van der Waals surface area contributed by atoms with Gasteiger partial charge in [-0.2, -0.15) is 5.10 Å². The molecule has 4 aromatic rings. The summed E-state index contributed by atoms with van der Waals surface area (Å²) in [5, 5.41) is 27.2.